The van der Waals surface area contributed by atoms with E-state index in [4.69, 9.17) is 5.73 Å². The average Bonchev–Trinajstić information content (AvgIpc) is 2.62. The molecule has 0 aliphatic rings. The fourth-order valence-electron chi connectivity index (χ4n) is 0.844. The lowest BCUT2D eigenvalue weighted by Gasteiger charge is -1.90. The fraction of sp³-hybridized carbons (Fsp3) is 0.200. The number of hydrogen-bond donors (Lipinski definition) is 1. The molecular formula is C5H5N5O3. The number of anilines is 1. The van der Waals surface area contributed by atoms with Crippen molar-refractivity contribution in [3.05, 3.63) is 10.6 Å². The molecule has 2 aromatic heterocycles. The molecule has 0 radical (unpaired) electrons. The summed E-state index contributed by atoms with van der Waals surface area (Å²) in [6.07, 6.45) is 0. The first-order valence-electron chi connectivity index (χ1n) is 3.31. The van der Waals surface area contributed by atoms with Gasteiger partial charge in [-0.2, -0.15) is 0 Å². The first-order valence-corrected chi connectivity index (χ1v) is 3.31. The summed E-state index contributed by atoms with van der Waals surface area (Å²) >= 11 is 0. The monoisotopic (exact) mass is 183 g/mol. The molecule has 13 heavy (non-hydrogen) atoms. The minimum atomic E-state index is -0.600. The van der Waals surface area contributed by atoms with Crippen LogP contribution < -0.4 is 11.5 Å². The van der Waals surface area contributed by atoms with Gasteiger partial charge in [0.2, 0.25) is 5.82 Å². The van der Waals surface area contributed by atoms with Crippen molar-refractivity contribution in [2.75, 3.05) is 5.73 Å². The first kappa shape index (κ1) is 7.53. The Hall–Kier alpha value is -2.12. The molecule has 0 saturated carbocycles. The lowest BCUT2D eigenvalue weighted by atomic mass is 10.4. The van der Waals surface area contributed by atoms with Crippen LogP contribution in [0.25, 0.3) is 11.5 Å². The molecule has 2 aromatic rings. The van der Waals surface area contributed by atoms with Crippen molar-refractivity contribution in [1.82, 2.24) is 20.0 Å². The van der Waals surface area contributed by atoms with E-state index in [0.29, 0.717) is 0 Å². The first-order chi connectivity index (χ1) is 6.20. The highest BCUT2D eigenvalue weighted by Gasteiger charge is 2.17. The lowest BCUT2D eigenvalue weighted by Crippen LogP contribution is -2.10. The van der Waals surface area contributed by atoms with Crippen LogP contribution in [0.15, 0.2) is 13.9 Å². The molecule has 0 unspecified atom stereocenters. The molecule has 0 atom stereocenters. The number of rotatable bonds is 1. The number of hydrogen-bond acceptors (Lipinski definition) is 7. The lowest BCUT2D eigenvalue weighted by molar-refractivity contribution is 0.310. The molecule has 0 fully saturated rings. The maximum absolute atomic E-state index is 10.9. The van der Waals surface area contributed by atoms with Crippen LogP contribution in [-0.4, -0.2) is 20.0 Å². The molecule has 2 N–H and O–H groups in total. The summed E-state index contributed by atoms with van der Waals surface area (Å²) in [4.78, 5) is 10.9. The molecule has 0 saturated heterocycles. The Kier molecular flexibility index (Phi) is 1.41. The van der Waals surface area contributed by atoms with E-state index in [0.717, 1.165) is 4.57 Å². The highest BCUT2D eigenvalue weighted by molar-refractivity contribution is 5.61. The van der Waals surface area contributed by atoms with Gasteiger partial charge in [-0.1, -0.05) is 5.16 Å². The summed E-state index contributed by atoms with van der Waals surface area (Å²) in [5.41, 5.74) is 5.57. The summed E-state index contributed by atoms with van der Waals surface area (Å²) in [5, 5.41) is 10.3. The summed E-state index contributed by atoms with van der Waals surface area (Å²) in [5.74, 6) is -0.356. The van der Waals surface area contributed by atoms with Crippen LogP contribution >= 0.6 is 0 Å². The number of nitrogens with two attached hydrogens (primary N) is 1. The van der Waals surface area contributed by atoms with Crippen LogP contribution in [0.1, 0.15) is 0 Å². The Labute approximate surface area is 70.9 Å². The van der Waals surface area contributed by atoms with E-state index in [1.54, 1.807) is 0 Å². The minimum Gasteiger partial charge on any atom is -0.379 e. The third kappa shape index (κ3) is 0.991. The van der Waals surface area contributed by atoms with E-state index in [1.807, 2.05) is 0 Å². The molecule has 0 spiro atoms. The van der Waals surface area contributed by atoms with E-state index in [9.17, 15) is 4.79 Å². The van der Waals surface area contributed by atoms with Crippen molar-refractivity contribution in [2.45, 2.75) is 0 Å². The number of aromatic nitrogens is 4. The maximum Gasteiger partial charge on any atom is 0.441 e. The minimum absolute atomic E-state index is 0.0592. The van der Waals surface area contributed by atoms with Crippen LogP contribution in [0.3, 0.4) is 0 Å². The smallest absolute Gasteiger partial charge is 0.379 e. The van der Waals surface area contributed by atoms with E-state index in [-0.39, 0.29) is 17.3 Å². The fourth-order valence-corrected chi connectivity index (χ4v) is 0.844. The molecular weight excluding hydrogens is 178 g/mol. The van der Waals surface area contributed by atoms with Gasteiger partial charge in [0.1, 0.15) is 0 Å². The highest BCUT2D eigenvalue weighted by atomic mass is 16.6. The Bertz CT molecular complexity index is 480. The second-order valence-electron chi connectivity index (χ2n) is 2.33. The zero-order valence-corrected chi connectivity index (χ0v) is 6.59. The van der Waals surface area contributed by atoms with Gasteiger partial charge in [-0.3, -0.25) is 9.09 Å². The van der Waals surface area contributed by atoms with Crippen LogP contribution in [0.5, 0.6) is 0 Å². The molecule has 2 heterocycles. The van der Waals surface area contributed by atoms with Crippen LogP contribution in [0, 0.1) is 0 Å². The summed E-state index contributed by atoms with van der Waals surface area (Å²) in [6.45, 7) is 0. The van der Waals surface area contributed by atoms with Crippen molar-refractivity contribution >= 4 is 5.82 Å². The zero-order chi connectivity index (χ0) is 9.42. The molecule has 0 aromatic carbocycles. The Morgan fingerprint density at radius 3 is 2.62 bits per heavy atom. The predicted molar refractivity (Wildman–Crippen MR) is 39.4 cm³/mol. The van der Waals surface area contributed by atoms with Gasteiger partial charge < -0.3 is 5.73 Å². The van der Waals surface area contributed by atoms with Crippen molar-refractivity contribution in [3.63, 3.8) is 0 Å². The van der Waals surface area contributed by atoms with Crippen LogP contribution in [-0.2, 0) is 7.05 Å². The zero-order valence-electron chi connectivity index (χ0n) is 6.59. The standard InChI is InChI=1S/C5H5N5O3/c1-10-4(9-12-5(10)11)2-3(6)8-13-7-2/h1H3,(H2,6,8). The normalized spacial score (nSPS) is 10.5. The second kappa shape index (κ2) is 2.44. The third-order valence-electron chi connectivity index (χ3n) is 1.53. The Morgan fingerprint density at radius 1 is 1.38 bits per heavy atom. The van der Waals surface area contributed by atoms with E-state index < -0.39 is 5.76 Å². The quantitative estimate of drug-likeness (QED) is 0.603. The van der Waals surface area contributed by atoms with Gasteiger partial charge in [-0.15, -0.1) is 0 Å². The summed E-state index contributed by atoms with van der Waals surface area (Å²) in [6, 6.07) is 0. The SMILES string of the molecule is Cn1c(-c2nonc2N)noc1=O. The second-order valence-corrected chi connectivity index (χ2v) is 2.33. The Balaban J connectivity index is 2.65. The molecule has 0 aliphatic heterocycles. The van der Waals surface area contributed by atoms with Gasteiger partial charge in [0.15, 0.2) is 11.5 Å². The maximum atomic E-state index is 10.9. The molecule has 68 valence electrons. The van der Waals surface area contributed by atoms with Crippen LogP contribution in [0.2, 0.25) is 0 Å². The van der Waals surface area contributed by atoms with Crippen molar-refractivity contribution in [3.8, 4) is 11.5 Å². The van der Waals surface area contributed by atoms with Gasteiger partial charge >= 0.3 is 5.76 Å². The summed E-state index contributed by atoms with van der Waals surface area (Å²) in [7, 11) is 1.47. The average molecular weight is 183 g/mol. The molecule has 8 heteroatoms. The van der Waals surface area contributed by atoms with Gasteiger partial charge in [-0.25, -0.2) is 9.42 Å². The largest absolute Gasteiger partial charge is 0.441 e. The number of nitrogens with zero attached hydrogens (tertiary/aromatic N) is 4. The van der Waals surface area contributed by atoms with Gasteiger partial charge in [0.25, 0.3) is 0 Å². The summed E-state index contributed by atoms with van der Waals surface area (Å²) < 4.78 is 9.86. The highest BCUT2D eigenvalue weighted by Crippen LogP contribution is 2.17. The molecule has 2 rings (SSSR count). The molecule has 0 aliphatic carbocycles. The van der Waals surface area contributed by atoms with E-state index in [1.165, 1.54) is 7.05 Å². The van der Waals surface area contributed by atoms with Crippen molar-refractivity contribution in [2.24, 2.45) is 7.05 Å². The van der Waals surface area contributed by atoms with Gasteiger partial charge in [-0.05, 0) is 10.3 Å². The molecule has 0 bridgehead atoms. The topological polar surface area (TPSA) is 113 Å². The van der Waals surface area contributed by atoms with Crippen molar-refractivity contribution < 1.29 is 9.15 Å². The van der Waals surface area contributed by atoms with E-state index in [2.05, 4.69) is 24.6 Å². The van der Waals surface area contributed by atoms with Crippen LogP contribution in [0.4, 0.5) is 5.82 Å². The van der Waals surface area contributed by atoms with Gasteiger partial charge in [0, 0.05) is 7.05 Å². The predicted octanol–water partition coefficient (Wildman–Crippen LogP) is -0.995. The number of nitrogen functional groups attached to an aromatic ring is 1. The van der Waals surface area contributed by atoms with E-state index >= 15 is 0 Å². The third-order valence-corrected chi connectivity index (χ3v) is 1.53. The van der Waals surface area contributed by atoms with Crippen molar-refractivity contribution in [1.29, 1.82) is 0 Å². The Morgan fingerprint density at radius 2 is 2.15 bits per heavy atom. The molecule has 0 amide bonds. The molecule has 8 nitrogen and oxygen atoms in total. The van der Waals surface area contributed by atoms with Gasteiger partial charge in [0.05, 0.1) is 0 Å².